The van der Waals surface area contributed by atoms with Gasteiger partial charge in [0.25, 0.3) is 5.91 Å². The van der Waals surface area contributed by atoms with E-state index >= 15 is 0 Å². The third kappa shape index (κ3) is 4.28. The zero-order chi connectivity index (χ0) is 21.3. The maximum Gasteiger partial charge on any atom is 0.433 e. The standard InChI is InChI=1S/C21H13ClF3N3O2/c22-15-6-7-16-17(9-15)30-20(28-16)13-3-1-12(2-4-13)10-27-19(29)14-5-8-18(26-11-14)21(23,24)25/h1-9,11H,10H2,(H,27,29). The van der Waals surface area contributed by atoms with Crippen LogP contribution in [-0.4, -0.2) is 15.9 Å². The molecule has 0 aliphatic carbocycles. The van der Waals surface area contributed by atoms with Crippen molar-refractivity contribution in [1.29, 1.82) is 0 Å². The Balaban J connectivity index is 1.41. The topological polar surface area (TPSA) is 68.0 Å². The molecule has 0 saturated carbocycles. The van der Waals surface area contributed by atoms with E-state index in [2.05, 4.69) is 15.3 Å². The quantitative estimate of drug-likeness (QED) is 0.464. The number of carbonyl (C=O) groups is 1. The Kier molecular flexibility index (Phi) is 5.17. The number of benzene rings is 2. The highest BCUT2D eigenvalue weighted by Crippen LogP contribution is 2.28. The Morgan fingerprint density at radius 2 is 1.83 bits per heavy atom. The summed E-state index contributed by atoms with van der Waals surface area (Å²) in [5.41, 5.74) is 1.83. The van der Waals surface area contributed by atoms with E-state index in [4.69, 9.17) is 16.0 Å². The van der Waals surface area contributed by atoms with Crippen molar-refractivity contribution in [3.63, 3.8) is 0 Å². The molecule has 4 rings (SSSR count). The summed E-state index contributed by atoms with van der Waals surface area (Å²) in [6.07, 6.45) is -3.64. The van der Waals surface area contributed by atoms with E-state index in [1.54, 1.807) is 42.5 Å². The normalized spacial score (nSPS) is 11.6. The van der Waals surface area contributed by atoms with Crippen LogP contribution in [0.4, 0.5) is 13.2 Å². The van der Waals surface area contributed by atoms with Gasteiger partial charge in [0.15, 0.2) is 5.58 Å². The lowest BCUT2D eigenvalue weighted by atomic mass is 10.1. The van der Waals surface area contributed by atoms with Crippen molar-refractivity contribution in [2.45, 2.75) is 12.7 Å². The first-order valence-corrected chi connectivity index (χ1v) is 9.14. The molecule has 0 spiro atoms. The van der Waals surface area contributed by atoms with E-state index in [0.29, 0.717) is 22.0 Å². The first-order valence-electron chi connectivity index (χ1n) is 8.76. The van der Waals surface area contributed by atoms with Gasteiger partial charge in [-0.1, -0.05) is 23.7 Å². The van der Waals surface area contributed by atoms with Gasteiger partial charge in [0.05, 0.1) is 5.56 Å². The van der Waals surface area contributed by atoms with Gasteiger partial charge in [-0.05, 0) is 42.0 Å². The molecule has 152 valence electrons. The van der Waals surface area contributed by atoms with Crippen molar-refractivity contribution in [3.05, 3.63) is 82.6 Å². The molecule has 1 N–H and O–H groups in total. The summed E-state index contributed by atoms with van der Waals surface area (Å²) in [5, 5.41) is 3.20. The van der Waals surface area contributed by atoms with Gasteiger partial charge in [0, 0.05) is 29.4 Å². The number of nitrogens with one attached hydrogen (secondary N) is 1. The van der Waals surface area contributed by atoms with Crippen LogP contribution in [0.5, 0.6) is 0 Å². The lowest BCUT2D eigenvalue weighted by Gasteiger charge is -2.08. The average Bonchev–Trinajstić information content (AvgIpc) is 3.15. The van der Waals surface area contributed by atoms with E-state index in [1.165, 1.54) is 0 Å². The van der Waals surface area contributed by atoms with Crippen LogP contribution < -0.4 is 5.32 Å². The zero-order valence-electron chi connectivity index (χ0n) is 15.2. The van der Waals surface area contributed by atoms with Crippen molar-refractivity contribution in [2.24, 2.45) is 0 Å². The number of nitrogens with zero attached hydrogens (tertiary/aromatic N) is 2. The molecule has 0 atom stereocenters. The molecule has 0 fully saturated rings. The SMILES string of the molecule is O=C(NCc1ccc(-c2nc3ccc(Cl)cc3o2)cc1)c1ccc(C(F)(F)F)nc1. The molecule has 5 nitrogen and oxygen atoms in total. The minimum atomic E-state index is -4.54. The molecule has 0 aliphatic heterocycles. The molecule has 30 heavy (non-hydrogen) atoms. The number of fused-ring (bicyclic) bond motifs is 1. The molecule has 0 unspecified atom stereocenters. The van der Waals surface area contributed by atoms with Crippen molar-refractivity contribution in [2.75, 3.05) is 0 Å². The zero-order valence-corrected chi connectivity index (χ0v) is 16.0. The molecule has 0 radical (unpaired) electrons. The van der Waals surface area contributed by atoms with Gasteiger partial charge in [-0.15, -0.1) is 0 Å². The molecule has 1 amide bonds. The number of rotatable bonds is 4. The highest BCUT2D eigenvalue weighted by Gasteiger charge is 2.32. The maximum absolute atomic E-state index is 12.5. The number of oxazole rings is 1. The third-order valence-electron chi connectivity index (χ3n) is 4.32. The number of carbonyl (C=O) groups excluding carboxylic acids is 1. The van der Waals surface area contributed by atoms with Gasteiger partial charge in [0.1, 0.15) is 11.2 Å². The smallest absolute Gasteiger partial charge is 0.433 e. The van der Waals surface area contributed by atoms with Crippen molar-refractivity contribution >= 4 is 28.6 Å². The molecule has 0 saturated heterocycles. The van der Waals surface area contributed by atoms with Crippen LogP contribution in [-0.2, 0) is 12.7 Å². The second-order valence-corrected chi connectivity index (χ2v) is 6.88. The van der Waals surface area contributed by atoms with Crippen LogP contribution in [0.1, 0.15) is 21.6 Å². The number of halogens is 4. The summed E-state index contributed by atoms with van der Waals surface area (Å²) in [6.45, 7) is 0.198. The summed E-state index contributed by atoms with van der Waals surface area (Å²) >= 11 is 5.95. The van der Waals surface area contributed by atoms with Gasteiger partial charge in [-0.3, -0.25) is 9.78 Å². The van der Waals surface area contributed by atoms with E-state index in [9.17, 15) is 18.0 Å². The lowest BCUT2D eigenvalue weighted by molar-refractivity contribution is -0.141. The summed E-state index contributed by atoms with van der Waals surface area (Å²) < 4.78 is 43.3. The highest BCUT2D eigenvalue weighted by atomic mass is 35.5. The summed E-state index contributed by atoms with van der Waals surface area (Å²) in [5.74, 6) is -0.0742. The van der Waals surface area contributed by atoms with Crippen LogP contribution in [0, 0.1) is 0 Å². The molecule has 2 aromatic heterocycles. The first-order chi connectivity index (χ1) is 14.3. The number of pyridine rings is 1. The Bertz CT molecular complexity index is 1200. The van der Waals surface area contributed by atoms with Crippen molar-refractivity contribution in [3.8, 4) is 11.5 Å². The fraction of sp³-hybridized carbons (Fsp3) is 0.0952. The molecular weight excluding hydrogens is 419 g/mol. The lowest BCUT2D eigenvalue weighted by Crippen LogP contribution is -2.23. The van der Waals surface area contributed by atoms with Crippen LogP contribution in [0.15, 0.2) is 65.2 Å². The first kappa shape index (κ1) is 19.9. The van der Waals surface area contributed by atoms with Gasteiger partial charge < -0.3 is 9.73 Å². The molecule has 2 heterocycles. The van der Waals surface area contributed by atoms with E-state index in [-0.39, 0.29) is 12.1 Å². The summed E-state index contributed by atoms with van der Waals surface area (Å²) in [6, 6.07) is 14.2. The van der Waals surface area contributed by atoms with E-state index < -0.39 is 17.8 Å². The second-order valence-electron chi connectivity index (χ2n) is 6.44. The van der Waals surface area contributed by atoms with Crippen LogP contribution in [0.25, 0.3) is 22.6 Å². The Morgan fingerprint density at radius 3 is 2.50 bits per heavy atom. The Morgan fingerprint density at radius 1 is 1.07 bits per heavy atom. The minimum absolute atomic E-state index is 0.0461. The number of alkyl halides is 3. The highest BCUT2D eigenvalue weighted by molar-refractivity contribution is 6.31. The van der Waals surface area contributed by atoms with E-state index in [1.807, 2.05) is 0 Å². The fourth-order valence-corrected chi connectivity index (χ4v) is 2.93. The van der Waals surface area contributed by atoms with Gasteiger partial charge in [-0.2, -0.15) is 13.2 Å². The molecule has 0 bridgehead atoms. The third-order valence-corrected chi connectivity index (χ3v) is 4.56. The number of hydrogen-bond acceptors (Lipinski definition) is 4. The molecule has 9 heteroatoms. The van der Waals surface area contributed by atoms with Gasteiger partial charge >= 0.3 is 6.18 Å². The Labute approximate surface area is 173 Å². The maximum atomic E-state index is 12.5. The van der Waals surface area contributed by atoms with Crippen LogP contribution >= 0.6 is 11.6 Å². The van der Waals surface area contributed by atoms with Crippen LogP contribution in [0.2, 0.25) is 5.02 Å². The van der Waals surface area contributed by atoms with Gasteiger partial charge in [0.2, 0.25) is 5.89 Å². The summed E-state index contributed by atoms with van der Waals surface area (Å²) in [4.78, 5) is 19.8. The van der Waals surface area contributed by atoms with Crippen molar-refractivity contribution < 1.29 is 22.4 Å². The van der Waals surface area contributed by atoms with E-state index in [0.717, 1.165) is 29.5 Å². The monoisotopic (exact) mass is 431 g/mol. The largest absolute Gasteiger partial charge is 0.436 e. The average molecular weight is 432 g/mol. The Hall–Kier alpha value is -3.39. The second kappa shape index (κ2) is 7.79. The molecule has 4 aromatic rings. The molecule has 2 aromatic carbocycles. The van der Waals surface area contributed by atoms with Crippen LogP contribution in [0.3, 0.4) is 0 Å². The summed E-state index contributed by atoms with van der Waals surface area (Å²) in [7, 11) is 0. The minimum Gasteiger partial charge on any atom is -0.436 e. The molecular formula is C21H13ClF3N3O2. The number of aromatic nitrogens is 2. The predicted molar refractivity (Wildman–Crippen MR) is 105 cm³/mol. The van der Waals surface area contributed by atoms with Crippen molar-refractivity contribution in [1.82, 2.24) is 15.3 Å². The number of amides is 1. The fourth-order valence-electron chi connectivity index (χ4n) is 2.77. The molecule has 0 aliphatic rings. The van der Waals surface area contributed by atoms with Gasteiger partial charge in [-0.25, -0.2) is 4.98 Å². The number of hydrogen-bond donors (Lipinski definition) is 1. The predicted octanol–water partition coefficient (Wildman–Crippen LogP) is 5.49.